The molecular weight excluding hydrogens is 272 g/mol. The molecule has 2 nitrogen and oxygen atoms in total. The van der Waals surface area contributed by atoms with Crippen molar-refractivity contribution in [3.8, 4) is 0 Å². The standard InChI is InChI=1S/C20H34O2/c1-6-18(4)11-8-14-19(5)10-7-9-17(2,3)15(19)12-16(21)20(14,22)13-18/h6,14-16,21-22H,1,7-13H2,2-5H3/t14-,15+,16+,18+,19-,20-/m1/s1. The van der Waals surface area contributed by atoms with Gasteiger partial charge in [-0.15, -0.1) is 6.58 Å². The third-order valence-electron chi connectivity index (χ3n) is 7.90. The summed E-state index contributed by atoms with van der Waals surface area (Å²) in [5, 5.41) is 22.4. The molecule has 0 aliphatic heterocycles. The van der Waals surface area contributed by atoms with Gasteiger partial charge in [0, 0.05) is 0 Å². The Morgan fingerprint density at radius 1 is 1.05 bits per heavy atom. The largest absolute Gasteiger partial charge is 0.390 e. The van der Waals surface area contributed by atoms with Gasteiger partial charge in [-0.1, -0.05) is 40.2 Å². The van der Waals surface area contributed by atoms with Crippen LogP contribution in [0.5, 0.6) is 0 Å². The van der Waals surface area contributed by atoms with Crippen LogP contribution in [0.1, 0.15) is 72.6 Å². The van der Waals surface area contributed by atoms with Gasteiger partial charge in [0.2, 0.25) is 0 Å². The van der Waals surface area contributed by atoms with E-state index in [0.29, 0.717) is 12.3 Å². The first-order chi connectivity index (χ1) is 10.1. The van der Waals surface area contributed by atoms with E-state index in [2.05, 4.69) is 34.3 Å². The van der Waals surface area contributed by atoms with Crippen molar-refractivity contribution in [3.63, 3.8) is 0 Å². The van der Waals surface area contributed by atoms with Crippen LogP contribution in [0.3, 0.4) is 0 Å². The van der Waals surface area contributed by atoms with E-state index in [4.69, 9.17) is 0 Å². The van der Waals surface area contributed by atoms with Crippen molar-refractivity contribution in [3.05, 3.63) is 12.7 Å². The lowest BCUT2D eigenvalue weighted by atomic mass is 9.41. The van der Waals surface area contributed by atoms with Crippen LogP contribution in [0.15, 0.2) is 12.7 Å². The third kappa shape index (κ3) is 2.13. The summed E-state index contributed by atoms with van der Waals surface area (Å²) in [6.07, 6.45) is 8.61. The molecule has 3 aliphatic carbocycles. The SMILES string of the molecule is C=C[C@@]1(C)CC[C@@H]2[C@@]3(C)CCCC(C)(C)[C@@H]3C[C@H](O)[C@@]2(O)C1. The molecule has 0 radical (unpaired) electrons. The van der Waals surface area contributed by atoms with E-state index in [1.54, 1.807) is 0 Å². The van der Waals surface area contributed by atoms with Gasteiger partial charge in [-0.05, 0) is 66.6 Å². The van der Waals surface area contributed by atoms with Crippen LogP contribution in [0.4, 0.5) is 0 Å². The van der Waals surface area contributed by atoms with Crippen molar-refractivity contribution in [2.24, 2.45) is 28.1 Å². The number of hydrogen-bond donors (Lipinski definition) is 2. The summed E-state index contributed by atoms with van der Waals surface area (Å²) in [5.74, 6) is 0.739. The van der Waals surface area contributed by atoms with Gasteiger partial charge < -0.3 is 10.2 Å². The zero-order valence-electron chi connectivity index (χ0n) is 14.9. The molecule has 126 valence electrons. The molecule has 6 atom stereocenters. The number of hydrogen-bond acceptors (Lipinski definition) is 2. The fourth-order valence-electron chi connectivity index (χ4n) is 6.61. The maximum Gasteiger partial charge on any atom is 0.0946 e. The first-order valence-corrected chi connectivity index (χ1v) is 9.11. The van der Waals surface area contributed by atoms with E-state index in [9.17, 15) is 10.2 Å². The highest BCUT2D eigenvalue weighted by atomic mass is 16.3. The summed E-state index contributed by atoms with van der Waals surface area (Å²) in [7, 11) is 0. The monoisotopic (exact) mass is 306 g/mol. The molecule has 0 bridgehead atoms. The molecule has 2 heteroatoms. The molecule has 22 heavy (non-hydrogen) atoms. The lowest BCUT2D eigenvalue weighted by Gasteiger charge is -2.66. The molecule has 0 aromatic carbocycles. The minimum absolute atomic E-state index is 0.0421. The highest BCUT2D eigenvalue weighted by Gasteiger charge is 2.64. The van der Waals surface area contributed by atoms with E-state index in [1.165, 1.54) is 19.3 Å². The number of rotatable bonds is 1. The van der Waals surface area contributed by atoms with Crippen LogP contribution >= 0.6 is 0 Å². The Hall–Kier alpha value is -0.340. The van der Waals surface area contributed by atoms with Gasteiger partial charge in [-0.3, -0.25) is 0 Å². The van der Waals surface area contributed by atoms with E-state index in [0.717, 1.165) is 19.3 Å². The summed E-state index contributed by atoms with van der Waals surface area (Å²) in [5.41, 5.74) is -0.536. The van der Waals surface area contributed by atoms with Gasteiger partial charge in [0.15, 0.2) is 0 Å². The van der Waals surface area contributed by atoms with Crippen LogP contribution in [-0.2, 0) is 0 Å². The third-order valence-corrected chi connectivity index (χ3v) is 7.90. The lowest BCUT2D eigenvalue weighted by Crippen LogP contribution is -2.67. The second-order valence-corrected chi connectivity index (χ2v) is 9.77. The Morgan fingerprint density at radius 2 is 1.73 bits per heavy atom. The molecule has 0 aromatic heterocycles. The lowest BCUT2D eigenvalue weighted by molar-refractivity contribution is -0.250. The minimum atomic E-state index is -0.931. The van der Waals surface area contributed by atoms with Crippen molar-refractivity contribution in [2.45, 2.75) is 84.3 Å². The van der Waals surface area contributed by atoms with Gasteiger partial charge in [0.25, 0.3) is 0 Å². The van der Waals surface area contributed by atoms with Crippen LogP contribution in [0.2, 0.25) is 0 Å². The second kappa shape index (κ2) is 4.83. The fraction of sp³-hybridized carbons (Fsp3) is 0.900. The van der Waals surface area contributed by atoms with E-state index < -0.39 is 11.7 Å². The van der Waals surface area contributed by atoms with Crippen molar-refractivity contribution < 1.29 is 10.2 Å². The molecule has 0 amide bonds. The van der Waals surface area contributed by atoms with Crippen LogP contribution in [0.25, 0.3) is 0 Å². The first kappa shape index (κ1) is 16.5. The Balaban J connectivity index is 2.01. The first-order valence-electron chi connectivity index (χ1n) is 9.11. The van der Waals surface area contributed by atoms with E-state index >= 15 is 0 Å². The quantitative estimate of drug-likeness (QED) is 0.709. The number of allylic oxidation sites excluding steroid dienone is 1. The van der Waals surface area contributed by atoms with Gasteiger partial charge >= 0.3 is 0 Å². The zero-order chi connectivity index (χ0) is 16.4. The van der Waals surface area contributed by atoms with Crippen molar-refractivity contribution in [1.82, 2.24) is 0 Å². The molecular formula is C20H34O2. The normalized spacial score (nSPS) is 54.2. The van der Waals surface area contributed by atoms with Gasteiger partial charge in [-0.25, -0.2) is 0 Å². The maximum atomic E-state index is 11.5. The number of aliphatic hydroxyl groups is 2. The molecule has 0 spiro atoms. The average Bonchev–Trinajstić information content (AvgIpc) is 2.41. The topological polar surface area (TPSA) is 40.5 Å². The molecule has 0 aromatic rings. The predicted molar refractivity (Wildman–Crippen MR) is 90.4 cm³/mol. The molecule has 2 N–H and O–H groups in total. The summed E-state index contributed by atoms with van der Waals surface area (Å²) >= 11 is 0. The minimum Gasteiger partial charge on any atom is -0.390 e. The molecule has 3 rings (SSSR count). The van der Waals surface area contributed by atoms with Crippen molar-refractivity contribution in [1.29, 1.82) is 0 Å². The number of fused-ring (bicyclic) bond motifs is 3. The van der Waals surface area contributed by atoms with Gasteiger partial charge in [0.05, 0.1) is 11.7 Å². The van der Waals surface area contributed by atoms with E-state index in [1.807, 2.05) is 6.08 Å². The second-order valence-electron chi connectivity index (χ2n) is 9.77. The fourth-order valence-corrected chi connectivity index (χ4v) is 6.61. The Labute approximate surface area is 136 Å². The summed E-state index contributed by atoms with van der Waals surface area (Å²) in [4.78, 5) is 0. The van der Waals surface area contributed by atoms with Gasteiger partial charge in [0.1, 0.15) is 0 Å². The smallest absolute Gasteiger partial charge is 0.0946 e. The zero-order valence-corrected chi connectivity index (χ0v) is 14.9. The van der Waals surface area contributed by atoms with Crippen LogP contribution in [-0.4, -0.2) is 21.9 Å². The maximum absolute atomic E-state index is 11.5. The molecule has 0 unspecified atom stereocenters. The predicted octanol–water partition coefficient (Wildman–Crippen LogP) is 4.31. The van der Waals surface area contributed by atoms with Crippen LogP contribution < -0.4 is 0 Å². The Bertz CT molecular complexity index is 470. The average molecular weight is 306 g/mol. The summed E-state index contributed by atoms with van der Waals surface area (Å²) in [6, 6.07) is 0. The highest BCUT2D eigenvalue weighted by Crippen LogP contribution is 2.66. The highest BCUT2D eigenvalue weighted by molar-refractivity contribution is 5.16. The summed E-state index contributed by atoms with van der Waals surface area (Å²) in [6.45, 7) is 13.3. The van der Waals surface area contributed by atoms with Crippen molar-refractivity contribution in [2.75, 3.05) is 0 Å². The number of aliphatic hydroxyl groups excluding tert-OH is 1. The van der Waals surface area contributed by atoms with Crippen molar-refractivity contribution >= 4 is 0 Å². The Kier molecular flexibility index (Phi) is 3.63. The molecule has 0 saturated heterocycles. The van der Waals surface area contributed by atoms with Gasteiger partial charge in [-0.2, -0.15) is 0 Å². The Morgan fingerprint density at radius 3 is 2.36 bits per heavy atom. The molecule has 3 aliphatic rings. The van der Waals surface area contributed by atoms with Crippen LogP contribution in [0, 0.1) is 28.1 Å². The molecule has 3 fully saturated rings. The molecule has 3 saturated carbocycles. The van der Waals surface area contributed by atoms with E-state index in [-0.39, 0.29) is 22.2 Å². The molecule has 0 heterocycles. The summed E-state index contributed by atoms with van der Waals surface area (Å²) < 4.78 is 0.